The zero-order chi connectivity index (χ0) is 29.9. The molecule has 7 unspecified atom stereocenters. The standard InChI is InChI=1S/C27H34N3O10P/c1-15(2)37-26(33)16(3)29-41(35,40-20-12-8-10-18-9-6-7-11-19(18)20)39-17(4)23-22(32)24(36-5)25(38-23)30-14-13-21(31)28-27(30)34/h6-17,22-25,32H,1-5H3,(H,29,35)(H,28,31,34). The number of nitrogens with zero attached hydrogens (tertiary/aromatic N) is 1. The van der Waals surface area contributed by atoms with Crippen LogP contribution >= 0.6 is 7.75 Å². The second kappa shape index (κ2) is 12.7. The molecule has 1 fully saturated rings. The number of methoxy groups -OCH3 is 1. The van der Waals surface area contributed by atoms with Gasteiger partial charge in [0.2, 0.25) is 0 Å². The Labute approximate surface area is 235 Å². The van der Waals surface area contributed by atoms with Crippen molar-refractivity contribution in [1.29, 1.82) is 0 Å². The van der Waals surface area contributed by atoms with Gasteiger partial charge in [0.05, 0.1) is 12.2 Å². The summed E-state index contributed by atoms with van der Waals surface area (Å²) < 4.78 is 43.8. The summed E-state index contributed by atoms with van der Waals surface area (Å²) >= 11 is 0. The normalized spacial score (nSPS) is 23.7. The number of aliphatic hydroxyl groups is 1. The number of rotatable bonds is 11. The summed E-state index contributed by atoms with van der Waals surface area (Å²) in [4.78, 5) is 38.6. The summed E-state index contributed by atoms with van der Waals surface area (Å²) in [7, 11) is -3.04. The molecule has 1 aliphatic heterocycles. The molecule has 4 rings (SSSR count). The first-order chi connectivity index (χ1) is 19.4. The summed E-state index contributed by atoms with van der Waals surface area (Å²) in [5.41, 5.74) is -1.37. The topological polar surface area (TPSA) is 167 Å². The van der Waals surface area contributed by atoms with E-state index in [1.165, 1.54) is 27.2 Å². The quantitative estimate of drug-likeness (QED) is 0.221. The van der Waals surface area contributed by atoms with Crippen LogP contribution in [0.2, 0.25) is 0 Å². The van der Waals surface area contributed by atoms with Gasteiger partial charge in [-0.3, -0.25) is 23.7 Å². The fourth-order valence-electron chi connectivity index (χ4n) is 4.56. The molecular formula is C27H34N3O10P. The van der Waals surface area contributed by atoms with Gasteiger partial charge < -0.3 is 23.8 Å². The predicted octanol–water partition coefficient (Wildman–Crippen LogP) is 2.48. The second-order valence-corrected chi connectivity index (χ2v) is 11.6. The minimum absolute atomic E-state index is 0.232. The summed E-state index contributed by atoms with van der Waals surface area (Å²) in [6.45, 7) is 6.32. The molecule has 14 heteroatoms. The van der Waals surface area contributed by atoms with Crippen molar-refractivity contribution in [2.45, 2.75) is 70.5 Å². The van der Waals surface area contributed by atoms with Crippen molar-refractivity contribution in [3.05, 3.63) is 75.6 Å². The van der Waals surface area contributed by atoms with Crippen molar-refractivity contribution in [1.82, 2.24) is 14.6 Å². The molecule has 2 aromatic carbocycles. The number of aromatic amines is 1. The summed E-state index contributed by atoms with van der Waals surface area (Å²) in [5.74, 6) is -0.442. The number of carbonyl (C=O) groups is 1. The summed E-state index contributed by atoms with van der Waals surface area (Å²) in [5, 5.41) is 15.2. The first kappa shape index (κ1) is 30.6. The Balaban J connectivity index is 1.63. The number of carbonyl (C=O) groups excluding carboxylic acids is 1. The van der Waals surface area contributed by atoms with E-state index in [2.05, 4.69) is 10.1 Å². The molecular weight excluding hydrogens is 557 g/mol. The Kier molecular flexibility index (Phi) is 9.48. The maximum atomic E-state index is 14.3. The number of esters is 1. The lowest BCUT2D eigenvalue weighted by molar-refractivity contribution is -0.149. The van der Waals surface area contributed by atoms with Gasteiger partial charge >= 0.3 is 19.4 Å². The molecule has 1 aromatic heterocycles. The minimum atomic E-state index is -4.37. The molecule has 0 spiro atoms. The van der Waals surface area contributed by atoms with E-state index in [1.807, 2.05) is 18.2 Å². The number of nitrogens with one attached hydrogen (secondary N) is 2. The van der Waals surface area contributed by atoms with Crippen LogP contribution < -0.4 is 20.9 Å². The number of H-pyrrole nitrogens is 1. The van der Waals surface area contributed by atoms with E-state index in [0.29, 0.717) is 5.39 Å². The number of ether oxygens (including phenoxy) is 3. The maximum Gasteiger partial charge on any atom is 0.459 e. The zero-order valence-electron chi connectivity index (χ0n) is 23.3. The van der Waals surface area contributed by atoms with E-state index in [1.54, 1.807) is 38.1 Å². The van der Waals surface area contributed by atoms with Crippen LogP contribution in [0.3, 0.4) is 0 Å². The Morgan fingerprint density at radius 3 is 2.49 bits per heavy atom. The van der Waals surface area contributed by atoms with Crippen molar-refractivity contribution in [3.8, 4) is 5.75 Å². The molecule has 0 saturated carbocycles. The predicted molar refractivity (Wildman–Crippen MR) is 149 cm³/mol. The van der Waals surface area contributed by atoms with E-state index < -0.39 is 67.8 Å². The van der Waals surface area contributed by atoms with Gasteiger partial charge in [-0.1, -0.05) is 36.4 Å². The monoisotopic (exact) mass is 591 g/mol. The highest BCUT2D eigenvalue weighted by molar-refractivity contribution is 7.52. The number of hydrogen-bond acceptors (Lipinski definition) is 10. The van der Waals surface area contributed by atoms with E-state index in [0.717, 1.165) is 16.0 Å². The Bertz CT molecular complexity index is 1530. The SMILES string of the molecule is COC1C(O)C(C(C)OP(=O)(NC(C)C(=O)OC(C)C)Oc2cccc3ccccc23)OC1n1ccc(=O)[nH]c1=O. The average Bonchev–Trinajstić information content (AvgIpc) is 3.24. The van der Waals surface area contributed by atoms with Crippen molar-refractivity contribution >= 4 is 24.5 Å². The molecule has 0 radical (unpaired) electrons. The van der Waals surface area contributed by atoms with E-state index in [9.17, 15) is 24.1 Å². The number of benzene rings is 2. The molecule has 222 valence electrons. The third-order valence-electron chi connectivity index (χ3n) is 6.44. The summed E-state index contributed by atoms with van der Waals surface area (Å²) in [6.07, 6.45) is -4.99. The Morgan fingerprint density at radius 1 is 1.10 bits per heavy atom. The van der Waals surface area contributed by atoms with Gasteiger partial charge in [-0.2, -0.15) is 5.09 Å². The van der Waals surface area contributed by atoms with Crippen LogP contribution in [-0.2, 0) is 28.1 Å². The molecule has 2 heterocycles. The van der Waals surface area contributed by atoms with Crippen molar-refractivity contribution in [3.63, 3.8) is 0 Å². The lowest BCUT2D eigenvalue weighted by Gasteiger charge is -2.29. The smallest absolute Gasteiger partial charge is 0.459 e. The Hall–Kier alpha value is -3.32. The van der Waals surface area contributed by atoms with Gasteiger partial charge in [0.15, 0.2) is 6.23 Å². The first-order valence-corrected chi connectivity index (χ1v) is 14.6. The van der Waals surface area contributed by atoms with Crippen LogP contribution in [0.4, 0.5) is 0 Å². The van der Waals surface area contributed by atoms with Gasteiger partial charge in [0.25, 0.3) is 5.56 Å². The molecule has 0 amide bonds. The molecule has 3 N–H and O–H groups in total. The van der Waals surface area contributed by atoms with Crippen LogP contribution in [0, 0.1) is 0 Å². The van der Waals surface area contributed by atoms with Gasteiger partial charge in [0, 0.05) is 24.8 Å². The van der Waals surface area contributed by atoms with Gasteiger partial charge in [0.1, 0.15) is 30.1 Å². The molecule has 7 atom stereocenters. The zero-order valence-corrected chi connectivity index (χ0v) is 24.1. The lowest BCUT2D eigenvalue weighted by atomic mass is 10.1. The fraction of sp³-hybridized carbons (Fsp3) is 0.444. The van der Waals surface area contributed by atoms with Gasteiger partial charge in [-0.15, -0.1) is 0 Å². The van der Waals surface area contributed by atoms with Crippen molar-refractivity contribution in [2.24, 2.45) is 0 Å². The van der Waals surface area contributed by atoms with Crippen LogP contribution in [0.25, 0.3) is 10.8 Å². The third-order valence-corrected chi connectivity index (χ3v) is 8.19. The molecule has 0 aliphatic carbocycles. The molecule has 1 aliphatic rings. The largest absolute Gasteiger partial charge is 0.462 e. The van der Waals surface area contributed by atoms with Crippen molar-refractivity contribution in [2.75, 3.05) is 7.11 Å². The second-order valence-electron chi connectivity index (χ2n) is 9.91. The number of fused-ring (bicyclic) bond motifs is 1. The van der Waals surface area contributed by atoms with E-state index in [4.69, 9.17) is 23.3 Å². The Morgan fingerprint density at radius 2 is 1.80 bits per heavy atom. The minimum Gasteiger partial charge on any atom is -0.462 e. The summed E-state index contributed by atoms with van der Waals surface area (Å²) in [6, 6.07) is 12.5. The molecule has 0 bridgehead atoms. The van der Waals surface area contributed by atoms with Gasteiger partial charge in [-0.05, 0) is 39.1 Å². The highest BCUT2D eigenvalue weighted by atomic mass is 31.2. The van der Waals surface area contributed by atoms with Crippen molar-refractivity contribution < 1.29 is 37.7 Å². The maximum absolute atomic E-state index is 14.3. The van der Waals surface area contributed by atoms with E-state index in [-0.39, 0.29) is 5.75 Å². The first-order valence-electron chi connectivity index (χ1n) is 13.0. The lowest BCUT2D eigenvalue weighted by Crippen LogP contribution is -2.42. The molecule has 3 aromatic rings. The number of aliphatic hydroxyl groups excluding tert-OH is 1. The number of hydrogen-bond donors (Lipinski definition) is 3. The van der Waals surface area contributed by atoms with Crippen LogP contribution in [0.1, 0.15) is 33.9 Å². The van der Waals surface area contributed by atoms with Crippen LogP contribution in [0.15, 0.2) is 64.3 Å². The van der Waals surface area contributed by atoms with Gasteiger partial charge in [-0.25, -0.2) is 9.36 Å². The van der Waals surface area contributed by atoms with E-state index >= 15 is 0 Å². The molecule has 1 saturated heterocycles. The van der Waals surface area contributed by atoms with Crippen LogP contribution in [0.5, 0.6) is 5.75 Å². The number of aromatic nitrogens is 2. The highest BCUT2D eigenvalue weighted by Crippen LogP contribution is 2.49. The molecule has 41 heavy (non-hydrogen) atoms. The molecule has 13 nitrogen and oxygen atoms in total. The fourth-order valence-corrected chi connectivity index (χ4v) is 6.27. The van der Waals surface area contributed by atoms with Crippen LogP contribution in [-0.4, -0.2) is 64.3 Å². The third kappa shape index (κ3) is 6.95. The average molecular weight is 592 g/mol. The highest BCUT2D eigenvalue weighted by Gasteiger charge is 2.50.